The van der Waals surface area contributed by atoms with Crippen LogP contribution in [0, 0.1) is 5.92 Å². The number of ether oxygens (including phenoxy) is 1. The fraction of sp³-hybridized carbons (Fsp3) is 0.583. The van der Waals surface area contributed by atoms with Crippen molar-refractivity contribution < 1.29 is 9.84 Å². The molecule has 4 rings (SSSR count). The molecule has 0 radical (unpaired) electrons. The fourth-order valence-corrected chi connectivity index (χ4v) is 3.31. The number of aromatic nitrogens is 4. The van der Waals surface area contributed by atoms with E-state index in [4.69, 9.17) is 10.5 Å². The van der Waals surface area contributed by atoms with Crippen LogP contribution in [0.4, 0.5) is 5.82 Å². The second-order valence-electron chi connectivity index (χ2n) is 5.49. The minimum absolute atomic E-state index is 0.123. The number of nitrogen functional groups attached to an aromatic ring is 1. The highest BCUT2D eigenvalue weighted by Crippen LogP contribution is 2.58. The maximum Gasteiger partial charge on any atom is 0.165 e. The number of epoxide rings is 1. The van der Waals surface area contributed by atoms with Gasteiger partial charge in [0.15, 0.2) is 11.5 Å². The zero-order chi connectivity index (χ0) is 13.2. The maximum absolute atomic E-state index is 9.45. The molecule has 7 heteroatoms. The van der Waals surface area contributed by atoms with Crippen LogP contribution in [0.3, 0.4) is 0 Å². The van der Waals surface area contributed by atoms with Crippen molar-refractivity contribution in [3.63, 3.8) is 0 Å². The number of imidazole rings is 1. The van der Waals surface area contributed by atoms with Gasteiger partial charge in [-0.05, 0) is 13.3 Å². The second kappa shape index (κ2) is 3.43. The van der Waals surface area contributed by atoms with E-state index in [0.29, 0.717) is 11.3 Å². The van der Waals surface area contributed by atoms with Crippen LogP contribution in [0.15, 0.2) is 12.7 Å². The third-order valence-electron chi connectivity index (χ3n) is 4.54. The highest BCUT2D eigenvalue weighted by Gasteiger charge is 2.66. The Labute approximate surface area is 109 Å². The third kappa shape index (κ3) is 1.31. The number of aliphatic hydroxyl groups is 1. The van der Waals surface area contributed by atoms with E-state index in [9.17, 15) is 5.11 Å². The van der Waals surface area contributed by atoms with Gasteiger partial charge in [0.05, 0.1) is 18.0 Å². The lowest BCUT2D eigenvalue weighted by molar-refractivity contribution is 0.115. The van der Waals surface area contributed by atoms with E-state index in [0.717, 1.165) is 12.1 Å². The van der Waals surface area contributed by atoms with Crippen molar-refractivity contribution in [2.24, 2.45) is 5.92 Å². The van der Waals surface area contributed by atoms with Gasteiger partial charge in [-0.1, -0.05) is 0 Å². The van der Waals surface area contributed by atoms with Crippen LogP contribution in [0.1, 0.15) is 19.4 Å². The van der Waals surface area contributed by atoms with E-state index in [1.165, 1.54) is 6.33 Å². The minimum atomic E-state index is -0.200. The molecule has 0 bridgehead atoms. The van der Waals surface area contributed by atoms with Crippen LogP contribution in [-0.4, -0.2) is 42.9 Å². The molecule has 1 aliphatic heterocycles. The smallest absolute Gasteiger partial charge is 0.165 e. The molecule has 1 aliphatic carbocycles. The summed E-state index contributed by atoms with van der Waals surface area (Å²) in [6, 6.07) is 0.154. The zero-order valence-corrected chi connectivity index (χ0v) is 10.5. The quantitative estimate of drug-likeness (QED) is 0.744. The molecule has 1 saturated carbocycles. The topological polar surface area (TPSA) is 102 Å². The summed E-state index contributed by atoms with van der Waals surface area (Å²) in [4.78, 5) is 12.5. The van der Waals surface area contributed by atoms with E-state index in [1.807, 2.05) is 4.57 Å². The number of hydrogen-bond acceptors (Lipinski definition) is 6. The summed E-state index contributed by atoms with van der Waals surface area (Å²) in [6.07, 6.45) is 4.18. The number of nitrogens with two attached hydrogens (primary N) is 1. The summed E-state index contributed by atoms with van der Waals surface area (Å²) in [5, 5.41) is 9.45. The molecule has 2 aromatic rings. The Morgan fingerprint density at radius 3 is 3.11 bits per heavy atom. The Bertz CT molecular complexity index is 657. The van der Waals surface area contributed by atoms with Crippen molar-refractivity contribution in [2.75, 3.05) is 12.3 Å². The van der Waals surface area contributed by atoms with E-state index in [2.05, 4.69) is 21.9 Å². The van der Waals surface area contributed by atoms with Gasteiger partial charge in [-0.15, -0.1) is 0 Å². The van der Waals surface area contributed by atoms with Gasteiger partial charge in [0.1, 0.15) is 17.9 Å². The first kappa shape index (κ1) is 11.1. The summed E-state index contributed by atoms with van der Waals surface area (Å²) in [6.45, 7) is 2.20. The molecule has 2 aliphatic rings. The normalized spacial score (nSPS) is 36.6. The minimum Gasteiger partial charge on any atom is -0.396 e. The van der Waals surface area contributed by atoms with Crippen LogP contribution in [0.5, 0.6) is 0 Å². The molecule has 100 valence electrons. The monoisotopic (exact) mass is 261 g/mol. The lowest BCUT2D eigenvalue weighted by Crippen LogP contribution is -2.20. The molecule has 4 atom stereocenters. The van der Waals surface area contributed by atoms with E-state index < -0.39 is 0 Å². The first-order chi connectivity index (χ1) is 9.15. The molecule has 3 heterocycles. The Hall–Kier alpha value is -1.73. The molecule has 7 nitrogen and oxygen atoms in total. The zero-order valence-electron chi connectivity index (χ0n) is 10.5. The van der Waals surface area contributed by atoms with E-state index in [-0.39, 0.29) is 30.3 Å². The van der Waals surface area contributed by atoms with E-state index in [1.54, 1.807) is 6.33 Å². The summed E-state index contributed by atoms with van der Waals surface area (Å²) in [5.74, 6) is 0.555. The van der Waals surface area contributed by atoms with Crippen molar-refractivity contribution in [2.45, 2.75) is 31.1 Å². The van der Waals surface area contributed by atoms with Gasteiger partial charge in [-0.2, -0.15) is 0 Å². The van der Waals surface area contributed by atoms with Gasteiger partial charge >= 0.3 is 0 Å². The van der Waals surface area contributed by atoms with Gasteiger partial charge in [0, 0.05) is 12.5 Å². The average Bonchev–Trinajstić information content (AvgIpc) is 2.81. The molecular weight excluding hydrogens is 246 g/mol. The van der Waals surface area contributed by atoms with Gasteiger partial charge in [0.2, 0.25) is 0 Å². The molecular formula is C12H15N5O2. The number of rotatable bonds is 2. The second-order valence-corrected chi connectivity index (χ2v) is 5.49. The standard InChI is InChI=1S/C12H15N5O2/c1-12-6(3-18)2-7(9(12)19-12)17-5-16-8-10(13)14-4-15-11(8)17/h4-7,9,18H,2-3H2,1H3,(H2,13,14,15)/t6-,7-,9+,12-/m1/s1. The highest BCUT2D eigenvalue weighted by molar-refractivity contribution is 5.81. The maximum atomic E-state index is 9.45. The highest BCUT2D eigenvalue weighted by atomic mass is 16.6. The van der Waals surface area contributed by atoms with Crippen LogP contribution in [-0.2, 0) is 4.74 Å². The first-order valence-corrected chi connectivity index (χ1v) is 6.37. The number of anilines is 1. The molecule has 0 spiro atoms. The summed E-state index contributed by atoms with van der Waals surface area (Å²) in [7, 11) is 0. The van der Waals surface area contributed by atoms with Gasteiger partial charge in [-0.25, -0.2) is 15.0 Å². The van der Waals surface area contributed by atoms with Gasteiger partial charge < -0.3 is 20.1 Å². The van der Waals surface area contributed by atoms with E-state index >= 15 is 0 Å². The predicted octanol–water partition coefficient (Wildman–Crippen LogP) is 0.119. The van der Waals surface area contributed by atoms with Gasteiger partial charge in [0.25, 0.3) is 0 Å². The number of nitrogens with zero attached hydrogens (tertiary/aromatic N) is 4. The van der Waals surface area contributed by atoms with Crippen molar-refractivity contribution in [3.8, 4) is 0 Å². The predicted molar refractivity (Wildman–Crippen MR) is 67.2 cm³/mol. The first-order valence-electron chi connectivity index (χ1n) is 6.37. The molecule has 0 unspecified atom stereocenters. The largest absolute Gasteiger partial charge is 0.396 e. The molecule has 0 aromatic carbocycles. The lowest BCUT2D eigenvalue weighted by atomic mass is 9.98. The number of aliphatic hydroxyl groups excluding tert-OH is 1. The third-order valence-corrected chi connectivity index (χ3v) is 4.54. The fourth-order valence-electron chi connectivity index (χ4n) is 3.31. The Morgan fingerprint density at radius 1 is 1.53 bits per heavy atom. The van der Waals surface area contributed by atoms with Crippen molar-refractivity contribution in [1.29, 1.82) is 0 Å². The van der Waals surface area contributed by atoms with Crippen LogP contribution >= 0.6 is 0 Å². The van der Waals surface area contributed by atoms with Crippen LogP contribution < -0.4 is 5.73 Å². The van der Waals surface area contributed by atoms with Crippen molar-refractivity contribution in [3.05, 3.63) is 12.7 Å². The molecule has 0 amide bonds. The molecule has 1 saturated heterocycles. The average molecular weight is 261 g/mol. The summed E-state index contributed by atoms with van der Waals surface area (Å²) < 4.78 is 7.78. The Kier molecular flexibility index (Phi) is 2.01. The van der Waals surface area contributed by atoms with Crippen LogP contribution in [0.25, 0.3) is 11.2 Å². The molecule has 2 fully saturated rings. The number of hydrogen-bond donors (Lipinski definition) is 2. The molecule has 2 aromatic heterocycles. The lowest BCUT2D eigenvalue weighted by Gasteiger charge is -2.17. The van der Waals surface area contributed by atoms with Crippen molar-refractivity contribution >= 4 is 17.0 Å². The van der Waals surface area contributed by atoms with Crippen LogP contribution in [0.2, 0.25) is 0 Å². The number of fused-ring (bicyclic) bond motifs is 2. The SMILES string of the molecule is C[C@]12O[C@H]1[C@H](n1cnc3c(N)ncnc31)C[C@@H]2CO. The Balaban J connectivity index is 1.79. The summed E-state index contributed by atoms with van der Waals surface area (Å²) in [5.41, 5.74) is 6.95. The van der Waals surface area contributed by atoms with Gasteiger partial charge in [-0.3, -0.25) is 0 Å². The molecule has 3 N–H and O–H groups in total. The molecule has 19 heavy (non-hydrogen) atoms. The van der Waals surface area contributed by atoms with Crippen molar-refractivity contribution in [1.82, 2.24) is 19.5 Å². The summed E-state index contributed by atoms with van der Waals surface area (Å²) >= 11 is 0. The Morgan fingerprint density at radius 2 is 2.37 bits per heavy atom.